The van der Waals surface area contributed by atoms with Crippen molar-refractivity contribution in [3.8, 4) is 11.1 Å². The summed E-state index contributed by atoms with van der Waals surface area (Å²) in [4.78, 5) is 14.2. The molecule has 1 amide bonds. The third kappa shape index (κ3) is 6.24. The van der Waals surface area contributed by atoms with Crippen LogP contribution in [0.2, 0.25) is 0 Å². The molecule has 0 radical (unpaired) electrons. The average molecular weight is 430 g/mol. The first-order valence-electron chi connectivity index (χ1n) is 10.0. The highest BCUT2D eigenvalue weighted by molar-refractivity contribution is 7.76. The van der Waals surface area contributed by atoms with Gasteiger partial charge in [0.2, 0.25) is 17.2 Å². The van der Waals surface area contributed by atoms with E-state index < -0.39 is 11.3 Å². The minimum Gasteiger partial charge on any atom is -0.361 e. The van der Waals surface area contributed by atoms with Crippen molar-refractivity contribution in [1.82, 2.24) is 14.8 Å². The number of carbonyl (C=O) groups excluding carboxylic acids is 1. The molecule has 0 aliphatic rings. The van der Waals surface area contributed by atoms with Gasteiger partial charge in [-0.3, -0.25) is 14.6 Å². The summed E-state index contributed by atoms with van der Waals surface area (Å²) < 4.78 is 22.8. The third-order valence-electron chi connectivity index (χ3n) is 5.11. The molecule has 0 saturated heterocycles. The molecule has 1 aromatic heterocycles. The Balaban J connectivity index is 1.51. The number of nitrogens with one attached hydrogen (secondary N) is 2. The van der Waals surface area contributed by atoms with Gasteiger partial charge in [-0.15, -0.1) is 0 Å². The van der Waals surface area contributed by atoms with Crippen LogP contribution < -0.4 is 5.48 Å². The smallest absolute Gasteiger partial charge is 0.243 e. The predicted molar refractivity (Wildman–Crippen MR) is 118 cm³/mol. The van der Waals surface area contributed by atoms with Gasteiger partial charge in [-0.25, -0.2) is 9.69 Å². The van der Waals surface area contributed by atoms with Crippen molar-refractivity contribution >= 4 is 28.1 Å². The average Bonchev–Trinajstić information content (AvgIpc) is 3.23. The van der Waals surface area contributed by atoms with Crippen molar-refractivity contribution in [3.63, 3.8) is 0 Å². The molecule has 1 atom stereocenters. The van der Waals surface area contributed by atoms with E-state index in [2.05, 4.69) is 23.2 Å². The number of fused-ring (bicyclic) bond motifs is 1. The van der Waals surface area contributed by atoms with Crippen LogP contribution in [-0.4, -0.2) is 35.7 Å². The number of hydrogen-bond acceptors (Lipinski definition) is 3. The first kappa shape index (κ1) is 22.2. The second-order valence-electron chi connectivity index (χ2n) is 7.27. The van der Waals surface area contributed by atoms with Crippen LogP contribution in [-0.2, 0) is 22.6 Å². The Morgan fingerprint density at radius 1 is 1.00 bits per heavy atom. The molecule has 0 saturated carbocycles. The molecule has 8 heteroatoms. The molecule has 0 aliphatic heterocycles. The summed E-state index contributed by atoms with van der Waals surface area (Å²) in [6.07, 6.45) is 5.35. The zero-order valence-corrected chi connectivity index (χ0v) is 17.5. The van der Waals surface area contributed by atoms with Crippen molar-refractivity contribution in [1.29, 1.82) is 0 Å². The summed E-state index contributed by atoms with van der Waals surface area (Å²) in [5.41, 5.74) is 5.90. The molecule has 3 rings (SSSR count). The molecule has 0 spiro atoms. The Hall–Kier alpha value is -2.52. The van der Waals surface area contributed by atoms with E-state index in [9.17, 15) is 13.6 Å². The molecule has 3 aromatic rings. The van der Waals surface area contributed by atoms with E-state index in [-0.39, 0.29) is 12.3 Å². The standard InChI is InChI=1S/C22H27N3O4S/c26-22(24-27)5-3-1-2-4-14-25(30(28)29)16-17-6-8-18(9-7-17)20-11-10-19-12-13-23-21(19)15-20/h6-13,15,23,27H,1-5,14,16H2,(H,24,26)(H,28,29). The Bertz CT molecular complexity index is 987. The maximum Gasteiger partial charge on any atom is 0.243 e. The molecule has 0 aliphatic carbocycles. The monoisotopic (exact) mass is 429 g/mol. The lowest BCUT2D eigenvalue weighted by atomic mass is 10.0. The topological polar surface area (TPSA) is 106 Å². The van der Waals surface area contributed by atoms with Gasteiger partial charge in [0.1, 0.15) is 0 Å². The number of unbranched alkanes of at least 4 members (excludes halogenated alkanes) is 3. The number of amides is 1. The Labute approximate surface area is 178 Å². The highest BCUT2D eigenvalue weighted by Gasteiger charge is 2.12. The van der Waals surface area contributed by atoms with E-state index in [0.717, 1.165) is 41.5 Å². The molecule has 30 heavy (non-hydrogen) atoms. The summed E-state index contributed by atoms with van der Waals surface area (Å²) in [5.74, 6) is -0.385. The van der Waals surface area contributed by atoms with E-state index in [1.54, 1.807) is 5.48 Å². The van der Waals surface area contributed by atoms with Crippen LogP contribution in [0.15, 0.2) is 54.7 Å². The van der Waals surface area contributed by atoms with E-state index in [4.69, 9.17) is 5.21 Å². The highest BCUT2D eigenvalue weighted by atomic mass is 32.2. The number of carbonyl (C=O) groups is 1. The van der Waals surface area contributed by atoms with Crippen LogP contribution in [0.25, 0.3) is 22.0 Å². The Kier molecular flexibility index (Phi) is 8.15. The predicted octanol–water partition coefficient (Wildman–Crippen LogP) is 4.23. The van der Waals surface area contributed by atoms with E-state index in [1.165, 1.54) is 9.69 Å². The Morgan fingerprint density at radius 3 is 2.47 bits per heavy atom. The quantitative estimate of drug-likeness (QED) is 0.158. The van der Waals surface area contributed by atoms with Crippen LogP contribution in [0.3, 0.4) is 0 Å². The first-order chi connectivity index (χ1) is 14.6. The van der Waals surface area contributed by atoms with Gasteiger partial charge in [0.05, 0.1) is 0 Å². The minimum atomic E-state index is -2.04. The van der Waals surface area contributed by atoms with Crippen LogP contribution in [0.5, 0.6) is 0 Å². The summed E-state index contributed by atoms with van der Waals surface area (Å²) in [5, 5.41) is 9.63. The lowest BCUT2D eigenvalue weighted by molar-refractivity contribution is -0.129. The van der Waals surface area contributed by atoms with Crippen molar-refractivity contribution in [2.24, 2.45) is 0 Å². The summed E-state index contributed by atoms with van der Waals surface area (Å²) in [6, 6.07) is 16.4. The van der Waals surface area contributed by atoms with Crippen LogP contribution >= 0.6 is 0 Å². The number of aromatic nitrogens is 1. The number of aromatic amines is 1. The molecule has 0 fully saturated rings. The Morgan fingerprint density at radius 2 is 1.73 bits per heavy atom. The number of nitrogens with zero attached hydrogens (tertiary/aromatic N) is 1. The number of benzene rings is 2. The van der Waals surface area contributed by atoms with Crippen LogP contribution in [0, 0.1) is 0 Å². The molecular formula is C22H27N3O4S. The van der Waals surface area contributed by atoms with E-state index in [0.29, 0.717) is 19.5 Å². The second kappa shape index (κ2) is 11.0. The lowest BCUT2D eigenvalue weighted by Gasteiger charge is -2.18. The molecule has 7 nitrogen and oxygen atoms in total. The van der Waals surface area contributed by atoms with Gasteiger partial charge in [0.15, 0.2) is 0 Å². The van der Waals surface area contributed by atoms with Gasteiger partial charge in [0, 0.05) is 31.2 Å². The van der Waals surface area contributed by atoms with Crippen molar-refractivity contribution in [3.05, 3.63) is 60.3 Å². The largest absolute Gasteiger partial charge is 0.361 e. The van der Waals surface area contributed by atoms with Crippen molar-refractivity contribution in [2.75, 3.05) is 6.54 Å². The van der Waals surface area contributed by atoms with E-state index >= 15 is 0 Å². The van der Waals surface area contributed by atoms with E-state index in [1.807, 2.05) is 36.5 Å². The lowest BCUT2D eigenvalue weighted by Crippen LogP contribution is -2.26. The zero-order valence-electron chi connectivity index (χ0n) is 16.7. The molecule has 1 heterocycles. The van der Waals surface area contributed by atoms with Gasteiger partial charge in [0.25, 0.3) is 0 Å². The van der Waals surface area contributed by atoms with Crippen molar-refractivity contribution in [2.45, 2.75) is 38.6 Å². The summed E-state index contributed by atoms with van der Waals surface area (Å²) >= 11 is -2.04. The van der Waals surface area contributed by atoms with Gasteiger partial charge >= 0.3 is 0 Å². The summed E-state index contributed by atoms with van der Waals surface area (Å²) in [7, 11) is 0. The van der Waals surface area contributed by atoms with Crippen molar-refractivity contribution < 1.29 is 18.8 Å². The number of H-pyrrole nitrogens is 1. The van der Waals surface area contributed by atoms with Gasteiger partial charge < -0.3 is 4.98 Å². The fourth-order valence-electron chi connectivity index (χ4n) is 3.43. The summed E-state index contributed by atoms with van der Waals surface area (Å²) in [6.45, 7) is 0.895. The third-order valence-corrected chi connectivity index (χ3v) is 5.86. The van der Waals surface area contributed by atoms with Crippen LogP contribution in [0.1, 0.15) is 37.7 Å². The first-order valence-corrected chi connectivity index (χ1v) is 11.1. The SMILES string of the molecule is O=C(CCCCCCN(Cc1ccc(-c2ccc3cc[nH]c3c2)cc1)S(=O)O)NO. The zero-order chi connectivity index (χ0) is 21.3. The molecule has 2 aromatic carbocycles. The number of hydrogen-bond donors (Lipinski definition) is 4. The second-order valence-corrected chi connectivity index (χ2v) is 8.25. The maximum atomic E-state index is 11.7. The maximum absolute atomic E-state index is 11.7. The molecule has 160 valence electrons. The fraction of sp³-hybridized carbons (Fsp3) is 0.318. The van der Waals surface area contributed by atoms with Gasteiger partial charge in [-0.1, -0.05) is 49.2 Å². The normalized spacial score (nSPS) is 12.4. The highest BCUT2D eigenvalue weighted by Crippen LogP contribution is 2.24. The molecular weight excluding hydrogens is 402 g/mol. The molecule has 1 unspecified atom stereocenters. The molecule has 0 bridgehead atoms. The van der Waals surface area contributed by atoms with Gasteiger partial charge in [-0.05, 0) is 47.1 Å². The minimum absolute atomic E-state index is 0.287. The van der Waals surface area contributed by atoms with Crippen LogP contribution in [0.4, 0.5) is 0 Å². The molecule has 4 N–H and O–H groups in total. The van der Waals surface area contributed by atoms with Gasteiger partial charge in [-0.2, -0.15) is 4.31 Å². The number of hydroxylamine groups is 1. The number of rotatable bonds is 11. The fourth-order valence-corrected chi connectivity index (χ4v) is 3.97.